The van der Waals surface area contributed by atoms with Crippen LogP contribution in [0.2, 0.25) is 0 Å². The lowest BCUT2D eigenvalue weighted by molar-refractivity contribution is 0.217. The summed E-state index contributed by atoms with van der Waals surface area (Å²) in [4.78, 5) is 26.0. The van der Waals surface area contributed by atoms with Gasteiger partial charge in [-0.15, -0.1) is 0 Å². The van der Waals surface area contributed by atoms with E-state index in [1.54, 1.807) is 36.4 Å². The first kappa shape index (κ1) is 26.1. The fraction of sp³-hybridized carbons (Fsp3) is 0.0625. The van der Waals surface area contributed by atoms with Crippen molar-refractivity contribution in [3.63, 3.8) is 0 Å². The summed E-state index contributed by atoms with van der Waals surface area (Å²) in [7, 11) is 0. The summed E-state index contributed by atoms with van der Waals surface area (Å²) < 4.78 is 25.0. The highest BCUT2D eigenvalue weighted by Crippen LogP contribution is 2.26. The third-order valence-electron chi connectivity index (χ3n) is 6.42. The van der Waals surface area contributed by atoms with Gasteiger partial charge in [0.05, 0.1) is 21.9 Å². The normalized spacial score (nSPS) is 11.2. The van der Waals surface area contributed by atoms with E-state index in [-0.39, 0.29) is 24.1 Å². The summed E-state index contributed by atoms with van der Waals surface area (Å²) in [6, 6.07) is 25.2. The molecule has 0 atom stereocenters. The Balaban J connectivity index is 1.11. The van der Waals surface area contributed by atoms with Crippen LogP contribution in [0.3, 0.4) is 0 Å². The van der Waals surface area contributed by atoms with Crippen LogP contribution in [-0.4, -0.2) is 13.2 Å². The second kappa shape index (κ2) is 11.2. The van der Waals surface area contributed by atoms with Crippen LogP contribution in [-0.2, 0) is 0 Å². The average Bonchev–Trinajstić information content (AvgIpc) is 2.97. The van der Waals surface area contributed by atoms with Crippen LogP contribution < -0.4 is 20.3 Å². The van der Waals surface area contributed by atoms with Gasteiger partial charge in [-0.2, -0.15) is 0 Å². The molecule has 8 heteroatoms. The lowest BCUT2D eigenvalue weighted by Crippen LogP contribution is -2.10. The topological polar surface area (TPSA) is 78.9 Å². The molecule has 0 fully saturated rings. The zero-order valence-corrected chi connectivity index (χ0v) is 24.0. The van der Waals surface area contributed by atoms with Crippen LogP contribution in [0.4, 0.5) is 0 Å². The van der Waals surface area contributed by atoms with Gasteiger partial charge in [0.15, 0.2) is 10.9 Å². The zero-order valence-electron chi connectivity index (χ0n) is 20.9. The Labute approximate surface area is 245 Å². The molecule has 6 aromatic rings. The number of hydrogen-bond donors (Lipinski definition) is 0. The fourth-order valence-electron chi connectivity index (χ4n) is 4.37. The summed E-state index contributed by atoms with van der Waals surface area (Å²) in [5.41, 5.74) is 3.24. The molecular formula is C32H20Br2O6. The molecule has 0 spiro atoms. The second-order valence-electron chi connectivity index (χ2n) is 8.98. The highest BCUT2D eigenvalue weighted by atomic mass is 79.9. The molecule has 0 amide bonds. The van der Waals surface area contributed by atoms with Crippen LogP contribution in [0.15, 0.2) is 125 Å². The lowest BCUT2D eigenvalue weighted by atomic mass is 10.1. The predicted molar refractivity (Wildman–Crippen MR) is 162 cm³/mol. The standard InChI is InChI=1S/C32H20Br2O6/c33-21-5-1-19(2-6-21)27-17-39-29-15-23(9-11-25(29)31(27)35)37-13-14-38-24-10-12-26-30(16-24)40-18-28(32(26)36)20-3-7-22(34)8-4-20/h1-12,15-18H,13-14H2. The summed E-state index contributed by atoms with van der Waals surface area (Å²) in [5, 5.41) is 0.954. The Kier molecular flexibility index (Phi) is 7.28. The van der Waals surface area contributed by atoms with Gasteiger partial charge < -0.3 is 18.3 Å². The van der Waals surface area contributed by atoms with E-state index < -0.39 is 0 Å². The van der Waals surface area contributed by atoms with Crippen LogP contribution in [0.5, 0.6) is 11.5 Å². The molecule has 0 bridgehead atoms. The Morgan fingerprint density at radius 1 is 0.550 bits per heavy atom. The third kappa shape index (κ3) is 5.33. The van der Waals surface area contributed by atoms with Crippen LogP contribution >= 0.6 is 31.9 Å². The molecule has 2 aromatic heterocycles. The quantitative estimate of drug-likeness (QED) is 0.161. The maximum absolute atomic E-state index is 13.0. The van der Waals surface area contributed by atoms with E-state index in [1.807, 2.05) is 48.5 Å². The van der Waals surface area contributed by atoms with E-state index in [1.165, 1.54) is 12.5 Å². The van der Waals surface area contributed by atoms with Crippen LogP contribution in [0.1, 0.15) is 0 Å². The largest absolute Gasteiger partial charge is 0.490 e. The maximum atomic E-state index is 13.0. The van der Waals surface area contributed by atoms with Gasteiger partial charge in [0.1, 0.15) is 48.4 Å². The van der Waals surface area contributed by atoms with E-state index in [9.17, 15) is 9.59 Å². The Bertz CT molecular complexity index is 1810. The van der Waals surface area contributed by atoms with Gasteiger partial charge in [0.2, 0.25) is 0 Å². The van der Waals surface area contributed by atoms with Crippen molar-refractivity contribution >= 4 is 53.8 Å². The number of hydrogen-bond acceptors (Lipinski definition) is 6. The van der Waals surface area contributed by atoms with Crippen molar-refractivity contribution in [1.29, 1.82) is 0 Å². The molecule has 198 valence electrons. The lowest BCUT2D eigenvalue weighted by Gasteiger charge is -2.10. The molecule has 0 radical (unpaired) electrons. The predicted octanol–water partition coefficient (Wildman–Crippen LogP) is 8.22. The summed E-state index contributed by atoms with van der Waals surface area (Å²) in [6.07, 6.45) is 2.95. The number of benzene rings is 4. The number of ether oxygens (including phenoxy) is 2. The van der Waals surface area contributed by atoms with Gasteiger partial charge in [-0.1, -0.05) is 56.1 Å². The number of halogens is 2. The second-order valence-corrected chi connectivity index (χ2v) is 10.8. The summed E-state index contributed by atoms with van der Waals surface area (Å²) >= 11 is 6.81. The van der Waals surface area contributed by atoms with Gasteiger partial charge in [-0.3, -0.25) is 9.59 Å². The molecule has 0 saturated carbocycles. The highest BCUT2D eigenvalue weighted by Gasteiger charge is 2.12. The van der Waals surface area contributed by atoms with Crippen molar-refractivity contribution in [2.75, 3.05) is 13.2 Å². The Morgan fingerprint density at radius 2 is 0.950 bits per heavy atom. The van der Waals surface area contributed by atoms with E-state index in [2.05, 4.69) is 31.9 Å². The van der Waals surface area contributed by atoms with Crippen molar-refractivity contribution in [3.05, 3.63) is 127 Å². The maximum Gasteiger partial charge on any atom is 0.200 e. The number of fused-ring (bicyclic) bond motifs is 2. The molecular weight excluding hydrogens is 640 g/mol. The first-order valence-corrected chi connectivity index (χ1v) is 13.9. The van der Waals surface area contributed by atoms with E-state index in [0.717, 1.165) is 20.1 Å². The minimum absolute atomic E-state index is 0.106. The molecule has 4 aromatic carbocycles. The van der Waals surface area contributed by atoms with Crippen molar-refractivity contribution < 1.29 is 18.3 Å². The average molecular weight is 660 g/mol. The molecule has 0 aliphatic heterocycles. The van der Waals surface area contributed by atoms with Crippen LogP contribution in [0.25, 0.3) is 44.2 Å². The third-order valence-corrected chi connectivity index (χ3v) is 7.48. The van der Waals surface area contributed by atoms with Crippen LogP contribution in [0, 0.1) is 0 Å². The fourth-order valence-corrected chi connectivity index (χ4v) is 4.90. The van der Waals surface area contributed by atoms with Gasteiger partial charge in [0, 0.05) is 21.1 Å². The summed E-state index contributed by atoms with van der Waals surface area (Å²) in [6.45, 7) is 0.522. The smallest absolute Gasteiger partial charge is 0.200 e. The number of rotatable bonds is 7. The first-order valence-electron chi connectivity index (χ1n) is 12.3. The molecule has 0 aliphatic carbocycles. The molecule has 0 aliphatic rings. The molecule has 6 nitrogen and oxygen atoms in total. The Hall–Kier alpha value is -4.14. The molecule has 0 unspecified atom stereocenters. The van der Waals surface area contributed by atoms with Crippen molar-refractivity contribution in [2.24, 2.45) is 0 Å². The SMILES string of the molecule is O=c1c(-c2ccc(Br)cc2)coc2cc(OCCOc3ccc4c(=O)c(-c5ccc(Br)cc5)coc4c3)ccc12. The molecule has 2 heterocycles. The first-order chi connectivity index (χ1) is 19.5. The minimum atomic E-state index is -0.106. The van der Waals surface area contributed by atoms with E-state index >= 15 is 0 Å². The zero-order chi connectivity index (χ0) is 27.6. The summed E-state index contributed by atoms with van der Waals surface area (Å²) in [5.74, 6) is 1.11. The molecule has 40 heavy (non-hydrogen) atoms. The monoisotopic (exact) mass is 658 g/mol. The molecule has 6 rings (SSSR count). The van der Waals surface area contributed by atoms with Crippen molar-refractivity contribution in [1.82, 2.24) is 0 Å². The van der Waals surface area contributed by atoms with Gasteiger partial charge >= 0.3 is 0 Å². The Morgan fingerprint density at radius 3 is 1.35 bits per heavy atom. The van der Waals surface area contributed by atoms with E-state index in [0.29, 0.717) is 44.6 Å². The van der Waals surface area contributed by atoms with Gasteiger partial charge in [-0.25, -0.2) is 0 Å². The van der Waals surface area contributed by atoms with Crippen molar-refractivity contribution in [3.8, 4) is 33.8 Å². The molecule has 0 saturated heterocycles. The van der Waals surface area contributed by atoms with Gasteiger partial charge in [0.25, 0.3) is 0 Å². The van der Waals surface area contributed by atoms with Crippen molar-refractivity contribution in [2.45, 2.75) is 0 Å². The van der Waals surface area contributed by atoms with E-state index in [4.69, 9.17) is 18.3 Å². The molecule has 0 N–H and O–H groups in total. The van der Waals surface area contributed by atoms with Gasteiger partial charge in [-0.05, 0) is 59.7 Å². The minimum Gasteiger partial charge on any atom is -0.490 e. The highest BCUT2D eigenvalue weighted by molar-refractivity contribution is 9.10.